The zero-order valence-electron chi connectivity index (χ0n) is 14.7. The fraction of sp³-hybridized carbons (Fsp3) is 0.579. The van der Waals surface area contributed by atoms with E-state index in [1.54, 1.807) is 0 Å². The SMILES string of the molecule is CCOC(=O)CCCCCCN1C(=O)C(C)(C)c2ccc(Br)cc21. The Morgan fingerprint density at radius 2 is 1.92 bits per heavy atom. The summed E-state index contributed by atoms with van der Waals surface area (Å²) in [7, 11) is 0. The van der Waals surface area contributed by atoms with Crippen molar-refractivity contribution in [1.82, 2.24) is 0 Å². The molecule has 1 aliphatic heterocycles. The molecule has 0 saturated carbocycles. The van der Waals surface area contributed by atoms with Crippen molar-refractivity contribution in [2.24, 2.45) is 0 Å². The summed E-state index contributed by atoms with van der Waals surface area (Å²) in [5.41, 5.74) is 1.66. The number of halogens is 1. The summed E-state index contributed by atoms with van der Waals surface area (Å²) in [6, 6.07) is 6.06. The van der Waals surface area contributed by atoms with Gasteiger partial charge in [0.2, 0.25) is 5.91 Å². The van der Waals surface area contributed by atoms with Crippen molar-refractivity contribution in [2.75, 3.05) is 18.1 Å². The smallest absolute Gasteiger partial charge is 0.305 e. The van der Waals surface area contributed by atoms with E-state index in [4.69, 9.17) is 4.74 Å². The number of anilines is 1. The number of nitrogens with zero attached hydrogens (tertiary/aromatic N) is 1. The fourth-order valence-corrected chi connectivity index (χ4v) is 3.52. The van der Waals surface area contributed by atoms with Crippen LogP contribution >= 0.6 is 15.9 Å². The van der Waals surface area contributed by atoms with Crippen LogP contribution in [0.1, 0.15) is 58.4 Å². The van der Waals surface area contributed by atoms with Gasteiger partial charge in [-0.2, -0.15) is 0 Å². The van der Waals surface area contributed by atoms with Gasteiger partial charge in [-0.25, -0.2) is 0 Å². The van der Waals surface area contributed by atoms with Crippen LogP contribution in [0.3, 0.4) is 0 Å². The molecule has 4 nitrogen and oxygen atoms in total. The number of unbranched alkanes of at least 4 members (excludes halogenated alkanes) is 3. The van der Waals surface area contributed by atoms with Gasteiger partial charge in [-0.3, -0.25) is 9.59 Å². The summed E-state index contributed by atoms with van der Waals surface area (Å²) in [6.07, 6.45) is 4.26. The number of carbonyl (C=O) groups is 2. The van der Waals surface area contributed by atoms with Gasteiger partial charge in [-0.15, -0.1) is 0 Å². The molecule has 1 heterocycles. The third-order valence-electron chi connectivity index (χ3n) is 4.52. The molecule has 0 bridgehead atoms. The van der Waals surface area contributed by atoms with E-state index in [9.17, 15) is 9.59 Å². The van der Waals surface area contributed by atoms with Crippen molar-refractivity contribution in [2.45, 2.75) is 58.3 Å². The highest BCUT2D eigenvalue weighted by Gasteiger charge is 2.43. The van der Waals surface area contributed by atoms with Crippen LogP contribution in [0.2, 0.25) is 0 Å². The highest BCUT2D eigenvalue weighted by molar-refractivity contribution is 9.10. The molecule has 0 fully saturated rings. The Balaban J connectivity index is 1.84. The van der Waals surface area contributed by atoms with E-state index in [1.165, 1.54) is 0 Å². The molecule has 0 unspecified atom stereocenters. The van der Waals surface area contributed by atoms with Crippen LogP contribution in [0.15, 0.2) is 22.7 Å². The number of carbonyl (C=O) groups excluding carboxylic acids is 2. The zero-order chi connectivity index (χ0) is 17.7. The minimum atomic E-state index is -0.458. The van der Waals surface area contributed by atoms with Crippen LogP contribution in [0.4, 0.5) is 5.69 Å². The Labute approximate surface area is 152 Å². The van der Waals surface area contributed by atoms with E-state index < -0.39 is 5.41 Å². The van der Waals surface area contributed by atoms with Gasteiger partial charge in [-0.1, -0.05) is 34.8 Å². The van der Waals surface area contributed by atoms with Crippen LogP contribution < -0.4 is 4.90 Å². The van der Waals surface area contributed by atoms with Gasteiger partial charge < -0.3 is 9.64 Å². The monoisotopic (exact) mass is 395 g/mol. The summed E-state index contributed by atoms with van der Waals surface area (Å²) in [5, 5.41) is 0. The molecule has 0 atom stereocenters. The Morgan fingerprint density at radius 1 is 1.21 bits per heavy atom. The summed E-state index contributed by atoms with van der Waals surface area (Å²) < 4.78 is 5.91. The van der Waals surface area contributed by atoms with Gasteiger partial charge in [0.05, 0.1) is 12.0 Å². The lowest BCUT2D eigenvalue weighted by Gasteiger charge is -2.20. The number of hydrogen-bond acceptors (Lipinski definition) is 3. The normalized spacial score (nSPS) is 15.5. The van der Waals surface area contributed by atoms with Crippen LogP contribution in [0.25, 0.3) is 0 Å². The van der Waals surface area contributed by atoms with Crippen molar-refractivity contribution >= 4 is 33.5 Å². The molecule has 0 saturated heterocycles. The van der Waals surface area contributed by atoms with Crippen LogP contribution in [-0.4, -0.2) is 25.0 Å². The molecule has 1 amide bonds. The molecule has 0 aromatic heterocycles. The lowest BCUT2D eigenvalue weighted by molar-refractivity contribution is -0.143. The maximum absolute atomic E-state index is 12.7. The molecule has 2 rings (SSSR count). The first-order valence-electron chi connectivity index (χ1n) is 8.65. The Morgan fingerprint density at radius 3 is 2.62 bits per heavy atom. The van der Waals surface area contributed by atoms with E-state index in [-0.39, 0.29) is 11.9 Å². The maximum atomic E-state index is 12.7. The van der Waals surface area contributed by atoms with Crippen molar-refractivity contribution in [3.05, 3.63) is 28.2 Å². The van der Waals surface area contributed by atoms with Gasteiger partial charge in [0, 0.05) is 23.1 Å². The van der Waals surface area contributed by atoms with Crippen molar-refractivity contribution in [3.8, 4) is 0 Å². The van der Waals surface area contributed by atoms with Crippen LogP contribution in [0.5, 0.6) is 0 Å². The molecule has 0 aliphatic carbocycles. The molecule has 24 heavy (non-hydrogen) atoms. The number of amides is 1. The highest BCUT2D eigenvalue weighted by atomic mass is 79.9. The van der Waals surface area contributed by atoms with E-state index >= 15 is 0 Å². The Kier molecular flexibility index (Phi) is 6.44. The summed E-state index contributed by atoms with van der Waals surface area (Å²) in [5.74, 6) is 0.0508. The molecule has 1 aliphatic rings. The van der Waals surface area contributed by atoms with E-state index in [0.29, 0.717) is 13.0 Å². The molecule has 0 radical (unpaired) electrons. The zero-order valence-corrected chi connectivity index (χ0v) is 16.3. The standard InChI is InChI=1S/C19H26BrNO3/c1-4-24-17(22)9-7-5-6-8-12-21-16-13-14(20)10-11-15(16)19(2,3)18(21)23/h10-11,13H,4-9,12H2,1-3H3. The van der Waals surface area contributed by atoms with Crippen LogP contribution in [0, 0.1) is 0 Å². The third kappa shape index (κ3) is 4.18. The number of rotatable bonds is 8. The number of hydrogen-bond donors (Lipinski definition) is 0. The average Bonchev–Trinajstić information content (AvgIpc) is 2.70. The lowest BCUT2D eigenvalue weighted by atomic mass is 9.86. The molecule has 0 spiro atoms. The lowest BCUT2D eigenvalue weighted by Crippen LogP contribution is -2.36. The molecule has 5 heteroatoms. The van der Waals surface area contributed by atoms with Gasteiger partial charge in [0.1, 0.15) is 0 Å². The average molecular weight is 396 g/mol. The first-order chi connectivity index (χ1) is 11.4. The largest absolute Gasteiger partial charge is 0.466 e. The van der Waals surface area contributed by atoms with Crippen molar-refractivity contribution < 1.29 is 14.3 Å². The second-order valence-electron chi connectivity index (χ2n) is 6.71. The molecule has 1 aromatic rings. The Hall–Kier alpha value is -1.36. The van der Waals surface area contributed by atoms with E-state index in [1.807, 2.05) is 43.9 Å². The molecular weight excluding hydrogens is 370 g/mol. The quantitative estimate of drug-likeness (QED) is 0.477. The summed E-state index contributed by atoms with van der Waals surface area (Å²) >= 11 is 3.50. The predicted octanol–water partition coefficient (Wildman–Crippen LogP) is 4.59. The molecular formula is C19H26BrNO3. The van der Waals surface area contributed by atoms with E-state index in [0.717, 1.165) is 48.0 Å². The minimum absolute atomic E-state index is 0.118. The maximum Gasteiger partial charge on any atom is 0.305 e. The second-order valence-corrected chi connectivity index (χ2v) is 7.63. The highest BCUT2D eigenvalue weighted by Crippen LogP contribution is 2.42. The summed E-state index contributed by atoms with van der Waals surface area (Å²) in [6.45, 7) is 6.97. The minimum Gasteiger partial charge on any atom is -0.466 e. The first kappa shape index (κ1) is 19.0. The summed E-state index contributed by atoms with van der Waals surface area (Å²) in [4.78, 5) is 25.9. The number of esters is 1. The topological polar surface area (TPSA) is 46.6 Å². The van der Waals surface area contributed by atoms with Gasteiger partial charge in [0.25, 0.3) is 0 Å². The molecule has 1 aromatic carbocycles. The van der Waals surface area contributed by atoms with Gasteiger partial charge >= 0.3 is 5.97 Å². The van der Waals surface area contributed by atoms with Crippen molar-refractivity contribution in [1.29, 1.82) is 0 Å². The van der Waals surface area contributed by atoms with Gasteiger partial charge in [0.15, 0.2) is 0 Å². The third-order valence-corrected chi connectivity index (χ3v) is 5.01. The number of benzene rings is 1. The van der Waals surface area contributed by atoms with Gasteiger partial charge in [-0.05, 0) is 51.3 Å². The molecule has 132 valence electrons. The molecule has 0 N–H and O–H groups in total. The predicted molar refractivity (Wildman–Crippen MR) is 99.2 cm³/mol. The Bertz CT molecular complexity index is 613. The van der Waals surface area contributed by atoms with E-state index in [2.05, 4.69) is 15.9 Å². The van der Waals surface area contributed by atoms with Crippen LogP contribution in [-0.2, 0) is 19.7 Å². The number of fused-ring (bicyclic) bond motifs is 1. The number of ether oxygens (including phenoxy) is 1. The first-order valence-corrected chi connectivity index (χ1v) is 9.45. The fourth-order valence-electron chi connectivity index (χ4n) is 3.17. The van der Waals surface area contributed by atoms with Crippen molar-refractivity contribution in [3.63, 3.8) is 0 Å². The second kappa shape index (κ2) is 8.15.